The van der Waals surface area contributed by atoms with Crippen molar-refractivity contribution in [3.8, 4) is 0 Å². The summed E-state index contributed by atoms with van der Waals surface area (Å²) in [6, 6.07) is 8.43. The molecule has 2 heterocycles. The van der Waals surface area contributed by atoms with Crippen LogP contribution in [-0.2, 0) is 6.54 Å². The maximum absolute atomic E-state index is 12.0. The summed E-state index contributed by atoms with van der Waals surface area (Å²) in [5, 5.41) is 6.44. The molecule has 7 heteroatoms. The molecule has 1 aromatic carbocycles. The van der Waals surface area contributed by atoms with E-state index in [-0.39, 0.29) is 17.7 Å². The number of carbonyl (C=O) groups excluding carboxylic acids is 1. The number of rotatable bonds is 4. The Kier molecular flexibility index (Phi) is 3.54. The van der Waals surface area contributed by atoms with E-state index in [1.54, 1.807) is 38.1 Å². The van der Waals surface area contributed by atoms with Gasteiger partial charge in [-0.05, 0) is 26.0 Å². The molecule has 1 N–H and O–H groups in total. The average molecular weight is 301 g/mol. The van der Waals surface area contributed by atoms with Crippen molar-refractivity contribution >= 4 is 17.0 Å². The van der Waals surface area contributed by atoms with Crippen LogP contribution in [0.5, 0.6) is 0 Å². The van der Waals surface area contributed by atoms with Crippen molar-refractivity contribution in [3.63, 3.8) is 0 Å². The van der Waals surface area contributed by atoms with E-state index in [9.17, 15) is 9.59 Å². The number of hydrogen-bond donors (Lipinski definition) is 1. The van der Waals surface area contributed by atoms with Crippen LogP contribution in [0.25, 0.3) is 11.1 Å². The van der Waals surface area contributed by atoms with Crippen molar-refractivity contribution in [1.82, 2.24) is 15.0 Å². The monoisotopic (exact) mass is 301 g/mol. The fourth-order valence-corrected chi connectivity index (χ4v) is 2.27. The van der Waals surface area contributed by atoms with Crippen LogP contribution in [0.4, 0.5) is 0 Å². The first-order valence-corrected chi connectivity index (χ1v) is 6.87. The number of oxazole rings is 1. The highest BCUT2D eigenvalue weighted by Crippen LogP contribution is 2.12. The second kappa shape index (κ2) is 5.51. The number of nitrogens with one attached hydrogen (secondary N) is 1. The number of para-hydroxylation sites is 2. The molecule has 114 valence electrons. The fourth-order valence-electron chi connectivity index (χ4n) is 2.27. The molecule has 1 amide bonds. The molecule has 1 atom stereocenters. The van der Waals surface area contributed by atoms with E-state index in [4.69, 9.17) is 8.94 Å². The molecular formula is C15H15N3O4. The molecule has 3 rings (SSSR count). The van der Waals surface area contributed by atoms with Crippen molar-refractivity contribution in [2.24, 2.45) is 0 Å². The molecule has 0 aliphatic heterocycles. The Morgan fingerprint density at radius 1 is 1.41 bits per heavy atom. The lowest BCUT2D eigenvalue weighted by atomic mass is 10.2. The SMILES string of the molecule is Cc1cc(C(=O)N[C@H](C)Cn2c(=O)oc3ccccc32)on1. The number of aromatic nitrogens is 2. The number of aryl methyl sites for hydroxylation is 1. The average Bonchev–Trinajstić information content (AvgIpc) is 3.04. The van der Waals surface area contributed by atoms with Crippen LogP contribution < -0.4 is 11.1 Å². The van der Waals surface area contributed by atoms with Gasteiger partial charge in [0, 0.05) is 18.7 Å². The number of hydrogen-bond acceptors (Lipinski definition) is 5. The Morgan fingerprint density at radius 2 is 2.18 bits per heavy atom. The Bertz CT molecular complexity index is 874. The molecule has 0 unspecified atom stereocenters. The van der Waals surface area contributed by atoms with Crippen LogP contribution in [0.3, 0.4) is 0 Å². The third-order valence-corrected chi connectivity index (χ3v) is 3.26. The zero-order chi connectivity index (χ0) is 15.7. The summed E-state index contributed by atoms with van der Waals surface area (Å²) in [7, 11) is 0. The summed E-state index contributed by atoms with van der Waals surface area (Å²) < 4.78 is 11.6. The summed E-state index contributed by atoms with van der Waals surface area (Å²) in [4.78, 5) is 23.9. The minimum atomic E-state index is -0.446. The minimum Gasteiger partial charge on any atom is -0.408 e. The summed E-state index contributed by atoms with van der Waals surface area (Å²) in [5.41, 5.74) is 1.86. The fraction of sp³-hybridized carbons (Fsp3) is 0.267. The van der Waals surface area contributed by atoms with E-state index in [1.165, 1.54) is 4.57 Å². The van der Waals surface area contributed by atoms with Crippen molar-refractivity contribution in [2.75, 3.05) is 0 Å². The molecular weight excluding hydrogens is 286 g/mol. The highest BCUT2D eigenvalue weighted by molar-refractivity contribution is 5.91. The van der Waals surface area contributed by atoms with E-state index >= 15 is 0 Å². The van der Waals surface area contributed by atoms with Gasteiger partial charge in [0.15, 0.2) is 5.58 Å². The predicted octanol–water partition coefficient (Wildman–Crippen LogP) is 1.71. The van der Waals surface area contributed by atoms with Gasteiger partial charge in [-0.25, -0.2) is 4.79 Å². The van der Waals surface area contributed by atoms with Crippen LogP contribution in [-0.4, -0.2) is 21.7 Å². The predicted molar refractivity (Wildman–Crippen MR) is 78.6 cm³/mol. The van der Waals surface area contributed by atoms with E-state index in [0.29, 0.717) is 23.3 Å². The van der Waals surface area contributed by atoms with Crippen LogP contribution in [0.15, 0.2) is 44.1 Å². The van der Waals surface area contributed by atoms with Gasteiger partial charge >= 0.3 is 5.76 Å². The first-order valence-electron chi connectivity index (χ1n) is 6.87. The van der Waals surface area contributed by atoms with Crippen molar-refractivity contribution < 1.29 is 13.7 Å². The van der Waals surface area contributed by atoms with Crippen LogP contribution in [0.1, 0.15) is 23.2 Å². The molecule has 0 saturated heterocycles. The quantitative estimate of drug-likeness (QED) is 0.792. The topological polar surface area (TPSA) is 90.3 Å². The Hall–Kier alpha value is -2.83. The molecule has 0 aliphatic rings. The number of benzene rings is 1. The van der Waals surface area contributed by atoms with Crippen molar-refractivity contribution in [3.05, 3.63) is 52.3 Å². The van der Waals surface area contributed by atoms with Crippen LogP contribution in [0.2, 0.25) is 0 Å². The van der Waals surface area contributed by atoms with Crippen molar-refractivity contribution in [1.29, 1.82) is 0 Å². The Morgan fingerprint density at radius 3 is 2.91 bits per heavy atom. The lowest BCUT2D eigenvalue weighted by Crippen LogP contribution is -2.37. The molecule has 3 aromatic rings. The largest absolute Gasteiger partial charge is 0.420 e. The normalized spacial score (nSPS) is 12.5. The second-order valence-electron chi connectivity index (χ2n) is 5.15. The molecule has 0 radical (unpaired) electrons. The van der Waals surface area contributed by atoms with Crippen molar-refractivity contribution in [2.45, 2.75) is 26.4 Å². The summed E-state index contributed by atoms with van der Waals surface area (Å²) >= 11 is 0. The first kappa shape index (κ1) is 14.1. The molecule has 22 heavy (non-hydrogen) atoms. The number of nitrogens with zero attached hydrogens (tertiary/aromatic N) is 2. The van der Waals surface area contributed by atoms with Gasteiger partial charge in [0.2, 0.25) is 5.76 Å². The molecule has 0 fully saturated rings. The van der Waals surface area contributed by atoms with Gasteiger partial charge in [-0.15, -0.1) is 0 Å². The highest BCUT2D eigenvalue weighted by atomic mass is 16.5. The molecule has 7 nitrogen and oxygen atoms in total. The van der Waals surface area contributed by atoms with Gasteiger partial charge in [0.25, 0.3) is 5.91 Å². The summed E-state index contributed by atoms with van der Waals surface area (Å²) in [5.74, 6) is -0.666. The first-order chi connectivity index (χ1) is 10.5. The maximum atomic E-state index is 12.0. The van der Waals surface area contributed by atoms with Crippen LogP contribution in [0, 0.1) is 6.92 Å². The standard InChI is InChI=1S/C15H15N3O4/c1-9-7-13(22-17-9)14(19)16-10(2)8-18-11-5-3-4-6-12(11)21-15(18)20/h3-7,10H,8H2,1-2H3,(H,16,19)/t10-/m1/s1. The molecule has 0 spiro atoms. The van der Waals surface area contributed by atoms with Gasteiger partial charge in [-0.1, -0.05) is 17.3 Å². The zero-order valence-electron chi connectivity index (χ0n) is 12.2. The maximum Gasteiger partial charge on any atom is 0.420 e. The van der Waals surface area contributed by atoms with Gasteiger partial charge in [-0.2, -0.15) is 0 Å². The van der Waals surface area contributed by atoms with Gasteiger partial charge in [-0.3, -0.25) is 9.36 Å². The van der Waals surface area contributed by atoms with E-state index < -0.39 is 5.76 Å². The molecule has 0 bridgehead atoms. The van der Waals surface area contributed by atoms with E-state index in [0.717, 1.165) is 0 Å². The number of carbonyl (C=O) groups is 1. The van der Waals surface area contributed by atoms with Gasteiger partial charge < -0.3 is 14.3 Å². The minimum absolute atomic E-state index is 0.147. The Labute approximate surface area is 125 Å². The molecule has 2 aromatic heterocycles. The third-order valence-electron chi connectivity index (χ3n) is 3.26. The highest BCUT2D eigenvalue weighted by Gasteiger charge is 2.17. The van der Waals surface area contributed by atoms with E-state index in [1.807, 2.05) is 6.07 Å². The Balaban J connectivity index is 1.76. The second-order valence-corrected chi connectivity index (χ2v) is 5.15. The van der Waals surface area contributed by atoms with Gasteiger partial charge in [0.1, 0.15) is 0 Å². The summed E-state index contributed by atoms with van der Waals surface area (Å²) in [6.07, 6.45) is 0. The number of amides is 1. The van der Waals surface area contributed by atoms with Crippen LogP contribution >= 0.6 is 0 Å². The zero-order valence-corrected chi connectivity index (χ0v) is 12.2. The molecule has 0 aliphatic carbocycles. The van der Waals surface area contributed by atoms with Gasteiger partial charge in [0.05, 0.1) is 11.2 Å². The lowest BCUT2D eigenvalue weighted by Gasteiger charge is -2.12. The third kappa shape index (κ3) is 2.65. The summed E-state index contributed by atoms with van der Waals surface area (Å²) in [6.45, 7) is 3.84. The molecule has 0 saturated carbocycles. The smallest absolute Gasteiger partial charge is 0.408 e. The number of fused-ring (bicyclic) bond motifs is 1. The lowest BCUT2D eigenvalue weighted by molar-refractivity contribution is 0.0899. The van der Waals surface area contributed by atoms with E-state index in [2.05, 4.69) is 10.5 Å².